The molecule has 0 spiro atoms. The van der Waals surface area contributed by atoms with Gasteiger partial charge in [-0.2, -0.15) is 0 Å². The standard InChI is InChI=1S/C20H23N3OS/c1-12-9-13(2)19(14(3)10-12)23-18(24)11-25-15(4)20-21-16-7-5-6-8-17(16)22-20/h5-10,15H,11H2,1-4H3,(H,21,22)(H,23,24). The molecule has 1 aromatic heterocycles. The van der Waals surface area contributed by atoms with E-state index < -0.39 is 0 Å². The van der Waals surface area contributed by atoms with Crippen LogP contribution in [0, 0.1) is 20.8 Å². The number of carbonyl (C=O) groups excluding carboxylic acids is 1. The van der Waals surface area contributed by atoms with Gasteiger partial charge in [-0.05, 0) is 51.0 Å². The summed E-state index contributed by atoms with van der Waals surface area (Å²) < 4.78 is 0. The number of aromatic amines is 1. The minimum absolute atomic E-state index is 0.0167. The molecule has 2 aromatic carbocycles. The summed E-state index contributed by atoms with van der Waals surface area (Å²) in [6.07, 6.45) is 0. The molecule has 0 saturated carbocycles. The molecule has 1 heterocycles. The summed E-state index contributed by atoms with van der Waals surface area (Å²) in [7, 11) is 0. The predicted octanol–water partition coefficient (Wildman–Crippen LogP) is 4.92. The van der Waals surface area contributed by atoms with Gasteiger partial charge in [0.15, 0.2) is 0 Å². The summed E-state index contributed by atoms with van der Waals surface area (Å²) in [5, 5.41) is 3.17. The maximum Gasteiger partial charge on any atom is 0.234 e. The molecule has 25 heavy (non-hydrogen) atoms. The lowest BCUT2D eigenvalue weighted by atomic mass is 10.1. The normalized spacial score (nSPS) is 12.3. The Morgan fingerprint density at radius 3 is 2.56 bits per heavy atom. The van der Waals surface area contributed by atoms with Crippen molar-refractivity contribution < 1.29 is 4.79 Å². The van der Waals surface area contributed by atoms with Crippen molar-refractivity contribution >= 4 is 34.4 Å². The summed E-state index contributed by atoms with van der Waals surface area (Å²) in [4.78, 5) is 20.3. The largest absolute Gasteiger partial charge is 0.341 e. The first-order chi connectivity index (χ1) is 11.9. The van der Waals surface area contributed by atoms with Crippen LogP contribution in [-0.4, -0.2) is 21.6 Å². The second-order valence-electron chi connectivity index (χ2n) is 6.41. The lowest BCUT2D eigenvalue weighted by Crippen LogP contribution is -2.16. The highest BCUT2D eigenvalue weighted by atomic mass is 32.2. The Morgan fingerprint density at radius 2 is 1.88 bits per heavy atom. The zero-order valence-corrected chi connectivity index (χ0v) is 15.8. The fourth-order valence-electron chi connectivity index (χ4n) is 3.00. The number of para-hydroxylation sites is 2. The molecule has 2 N–H and O–H groups in total. The molecule has 0 radical (unpaired) electrons. The molecule has 0 bridgehead atoms. The van der Waals surface area contributed by atoms with Crippen molar-refractivity contribution in [3.63, 3.8) is 0 Å². The summed E-state index contributed by atoms with van der Waals surface area (Å²) in [5.74, 6) is 1.31. The maximum atomic E-state index is 12.3. The Kier molecular flexibility index (Phi) is 5.13. The molecule has 1 atom stereocenters. The van der Waals surface area contributed by atoms with E-state index in [0.717, 1.165) is 33.7 Å². The first-order valence-corrected chi connectivity index (χ1v) is 9.43. The fourth-order valence-corrected chi connectivity index (χ4v) is 3.74. The molecule has 130 valence electrons. The van der Waals surface area contributed by atoms with Crippen molar-refractivity contribution in [3.05, 3.63) is 58.9 Å². The highest BCUT2D eigenvalue weighted by Gasteiger charge is 2.14. The number of aryl methyl sites for hydroxylation is 3. The number of rotatable bonds is 5. The summed E-state index contributed by atoms with van der Waals surface area (Å²) in [5.41, 5.74) is 6.32. The number of amides is 1. The van der Waals surface area contributed by atoms with Gasteiger partial charge in [0.2, 0.25) is 5.91 Å². The molecular weight excluding hydrogens is 330 g/mol. The van der Waals surface area contributed by atoms with Gasteiger partial charge in [0.1, 0.15) is 5.82 Å². The van der Waals surface area contributed by atoms with Gasteiger partial charge in [0.05, 0.1) is 22.0 Å². The molecule has 0 fully saturated rings. The van der Waals surface area contributed by atoms with Crippen LogP contribution in [-0.2, 0) is 4.79 Å². The summed E-state index contributed by atoms with van der Waals surface area (Å²) in [6.45, 7) is 8.19. The maximum absolute atomic E-state index is 12.3. The van der Waals surface area contributed by atoms with Gasteiger partial charge >= 0.3 is 0 Å². The Morgan fingerprint density at radius 1 is 1.20 bits per heavy atom. The Bertz CT molecular complexity index is 860. The van der Waals surface area contributed by atoms with Crippen LogP contribution in [0.15, 0.2) is 36.4 Å². The molecule has 3 rings (SSSR count). The van der Waals surface area contributed by atoms with Crippen molar-refractivity contribution in [2.75, 3.05) is 11.1 Å². The lowest BCUT2D eigenvalue weighted by molar-refractivity contribution is -0.113. The van der Waals surface area contributed by atoms with Crippen molar-refractivity contribution in [1.29, 1.82) is 0 Å². The highest BCUT2D eigenvalue weighted by Crippen LogP contribution is 2.28. The Hall–Kier alpha value is -2.27. The summed E-state index contributed by atoms with van der Waals surface area (Å²) in [6, 6.07) is 12.1. The second kappa shape index (κ2) is 7.31. The van der Waals surface area contributed by atoms with Gasteiger partial charge in [0, 0.05) is 5.69 Å². The first kappa shape index (κ1) is 17.5. The lowest BCUT2D eigenvalue weighted by Gasteiger charge is -2.13. The number of nitrogens with one attached hydrogen (secondary N) is 2. The van der Waals surface area contributed by atoms with E-state index in [9.17, 15) is 4.79 Å². The number of hydrogen-bond donors (Lipinski definition) is 2. The number of nitrogens with zero attached hydrogens (tertiary/aromatic N) is 1. The molecular formula is C20H23N3OS. The van der Waals surface area contributed by atoms with Crippen LogP contribution >= 0.6 is 11.8 Å². The minimum Gasteiger partial charge on any atom is -0.341 e. The van der Waals surface area contributed by atoms with E-state index in [2.05, 4.69) is 41.3 Å². The van der Waals surface area contributed by atoms with E-state index in [0.29, 0.717) is 5.75 Å². The van der Waals surface area contributed by atoms with Gasteiger partial charge in [-0.3, -0.25) is 4.79 Å². The van der Waals surface area contributed by atoms with Crippen LogP contribution in [0.4, 0.5) is 5.69 Å². The molecule has 3 aromatic rings. The third-order valence-electron chi connectivity index (χ3n) is 4.20. The smallest absolute Gasteiger partial charge is 0.234 e. The van der Waals surface area contributed by atoms with Gasteiger partial charge in [-0.25, -0.2) is 4.98 Å². The zero-order chi connectivity index (χ0) is 18.0. The van der Waals surface area contributed by atoms with E-state index in [4.69, 9.17) is 0 Å². The Labute approximate surface area is 152 Å². The van der Waals surface area contributed by atoms with Gasteiger partial charge < -0.3 is 10.3 Å². The second-order valence-corrected chi connectivity index (χ2v) is 7.74. The van der Waals surface area contributed by atoms with E-state index in [-0.39, 0.29) is 11.2 Å². The van der Waals surface area contributed by atoms with Crippen LogP contribution in [0.2, 0.25) is 0 Å². The number of aromatic nitrogens is 2. The highest BCUT2D eigenvalue weighted by molar-refractivity contribution is 8.00. The van der Waals surface area contributed by atoms with E-state index in [1.807, 2.05) is 38.1 Å². The van der Waals surface area contributed by atoms with Crippen LogP contribution in [0.25, 0.3) is 11.0 Å². The zero-order valence-electron chi connectivity index (χ0n) is 15.0. The van der Waals surface area contributed by atoms with Crippen molar-refractivity contribution in [2.45, 2.75) is 32.9 Å². The van der Waals surface area contributed by atoms with Crippen LogP contribution in [0.3, 0.4) is 0 Å². The molecule has 0 aliphatic rings. The van der Waals surface area contributed by atoms with Crippen LogP contribution in [0.1, 0.15) is 34.7 Å². The molecule has 0 aliphatic heterocycles. The quantitative estimate of drug-likeness (QED) is 0.684. The number of carbonyl (C=O) groups is 1. The monoisotopic (exact) mass is 353 g/mol. The van der Waals surface area contributed by atoms with E-state index in [1.54, 1.807) is 11.8 Å². The van der Waals surface area contributed by atoms with Crippen molar-refractivity contribution in [2.24, 2.45) is 0 Å². The van der Waals surface area contributed by atoms with Crippen LogP contribution in [0.5, 0.6) is 0 Å². The van der Waals surface area contributed by atoms with Gasteiger partial charge in [-0.15, -0.1) is 11.8 Å². The van der Waals surface area contributed by atoms with Crippen molar-refractivity contribution in [1.82, 2.24) is 9.97 Å². The number of imidazole rings is 1. The average molecular weight is 353 g/mol. The molecule has 4 nitrogen and oxygen atoms in total. The average Bonchev–Trinajstić information content (AvgIpc) is 3.00. The minimum atomic E-state index is 0.0167. The third kappa shape index (κ3) is 4.04. The summed E-state index contributed by atoms with van der Waals surface area (Å²) >= 11 is 1.58. The van der Waals surface area contributed by atoms with Gasteiger partial charge in [0.25, 0.3) is 0 Å². The first-order valence-electron chi connectivity index (χ1n) is 8.38. The van der Waals surface area contributed by atoms with Crippen LogP contribution < -0.4 is 5.32 Å². The number of hydrogen-bond acceptors (Lipinski definition) is 3. The Balaban J connectivity index is 1.62. The number of thioether (sulfide) groups is 1. The van der Waals surface area contributed by atoms with Crippen molar-refractivity contribution in [3.8, 4) is 0 Å². The number of benzene rings is 2. The number of H-pyrrole nitrogens is 1. The SMILES string of the molecule is Cc1cc(C)c(NC(=O)CSC(C)c2nc3ccccc3[nH]2)c(C)c1. The molecule has 1 unspecified atom stereocenters. The fraction of sp³-hybridized carbons (Fsp3) is 0.300. The predicted molar refractivity (Wildman–Crippen MR) is 106 cm³/mol. The number of fused-ring (bicyclic) bond motifs is 1. The van der Waals surface area contributed by atoms with E-state index >= 15 is 0 Å². The molecule has 0 saturated heterocycles. The topological polar surface area (TPSA) is 57.8 Å². The number of anilines is 1. The molecule has 5 heteroatoms. The van der Waals surface area contributed by atoms with Gasteiger partial charge in [-0.1, -0.05) is 29.8 Å². The molecule has 0 aliphatic carbocycles. The van der Waals surface area contributed by atoms with E-state index in [1.165, 1.54) is 5.56 Å². The molecule has 1 amide bonds. The third-order valence-corrected chi connectivity index (χ3v) is 5.35.